The third-order valence-electron chi connectivity index (χ3n) is 3.56. The largest absolute Gasteiger partial charge is 0.339 e. The number of aromatic nitrogens is 3. The molecule has 1 aliphatic rings. The third-order valence-corrected chi connectivity index (χ3v) is 3.56. The maximum atomic E-state index is 11.4. The molecule has 0 atom stereocenters. The van der Waals surface area contributed by atoms with E-state index in [1.807, 2.05) is 4.90 Å². The van der Waals surface area contributed by atoms with E-state index in [9.17, 15) is 4.79 Å². The van der Waals surface area contributed by atoms with Crippen molar-refractivity contribution in [2.75, 3.05) is 36.5 Å². The molecule has 0 bridgehead atoms. The summed E-state index contributed by atoms with van der Waals surface area (Å²) >= 11 is 0. The van der Waals surface area contributed by atoms with Crippen molar-refractivity contribution in [3.8, 4) is 0 Å². The summed E-state index contributed by atoms with van der Waals surface area (Å²) in [6, 6.07) is 0. The molecule has 0 spiro atoms. The molecule has 0 saturated carbocycles. The summed E-state index contributed by atoms with van der Waals surface area (Å²) < 4.78 is 0. The van der Waals surface area contributed by atoms with Gasteiger partial charge in [0.15, 0.2) is 0 Å². The van der Waals surface area contributed by atoms with Crippen LogP contribution in [-0.2, 0) is 11.2 Å². The average molecular weight is 293 g/mol. The van der Waals surface area contributed by atoms with Gasteiger partial charge in [0, 0.05) is 39.5 Å². The average Bonchev–Trinajstić information content (AvgIpc) is 2.52. The highest BCUT2D eigenvalue weighted by atomic mass is 16.2. The number of rotatable bonds is 5. The minimum atomic E-state index is 0.109. The van der Waals surface area contributed by atoms with Gasteiger partial charge in [-0.15, -0.1) is 0 Å². The number of amides is 1. The number of hydrazine groups is 1. The van der Waals surface area contributed by atoms with Crippen LogP contribution in [0.5, 0.6) is 0 Å². The number of nitrogens with zero attached hydrogens (tertiary/aromatic N) is 5. The molecular weight excluding hydrogens is 270 g/mol. The quantitative estimate of drug-likeness (QED) is 0.589. The molecule has 1 aromatic heterocycles. The van der Waals surface area contributed by atoms with Gasteiger partial charge in [-0.2, -0.15) is 15.0 Å². The molecule has 3 N–H and O–H groups in total. The number of hydrogen-bond acceptors (Lipinski definition) is 7. The van der Waals surface area contributed by atoms with Crippen LogP contribution in [0.15, 0.2) is 0 Å². The van der Waals surface area contributed by atoms with Crippen molar-refractivity contribution in [1.82, 2.24) is 19.9 Å². The lowest BCUT2D eigenvalue weighted by atomic mass is 10.2. The molecule has 1 saturated heterocycles. The first-order valence-electron chi connectivity index (χ1n) is 7.36. The number of carbonyl (C=O) groups excluding carboxylic acids is 1. The van der Waals surface area contributed by atoms with Crippen LogP contribution in [0.1, 0.15) is 32.5 Å². The lowest BCUT2D eigenvalue weighted by molar-refractivity contribution is -0.129. The molecule has 8 nitrogen and oxygen atoms in total. The number of carbonyl (C=O) groups is 1. The van der Waals surface area contributed by atoms with Crippen LogP contribution in [0.25, 0.3) is 0 Å². The van der Waals surface area contributed by atoms with Gasteiger partial charge in [0.05, 0.1) is 0 Å². The first-order chi connectivity index (χ1) is 10.1. The number of aryl methyl sites for hydroxylation is 1. The normalized spacial score (nSPS) is 15.2. The third kappa shape index (κ3) is 4.01. The molecule has 1 aromatic rings. The Kier molecular flexibility index (Phi) is 5.26. The highest BCUT2D eigenvalue weighted by Crippen LogP contribution is 2.14. The number of unbranched alkanes of at least 4 members (excludes halogenated alkanes) is 1. The molecule has 116 valence electrons. The Morgan fingerprint density at radius 3 is 2.52 bits per heavy atom. The molecule has 21 heavy (non-hydrogen) atoms. The highest BCUT2D eigenvalue weighted by Gasteiger charge is 2.21. The van der Waals surface area contributed by atoms with Crippen molar-refractivity contribution in [2.45, 2.75) is 33.1 Å². The smallest absolute Gasteiger partial charge is 0.242 e. The highest BCUT2D eigenvalue weighted by molar-refractivity contribution is 5.73. The fourth-order valence-electron chi connectivity index (χ4n) is 2.28. The van der Waals surface area contributed by atoms with E-state index < -0.39 is 0 Å². The van der Waals surface area contributed by atoms with E-state index in [0.29, 0.717) is 25.0 Å². The lowest BCUT2D eigenvalue weighted by Gasteiger charge is -2.34. The number of hydrogen-bond donors (Lipinski definition) is 2. The van der Waals surface area contributed by atoms with Gasteiger partial charge in [0.1, 0.15) is 5.82 Å². The summed E-state index contributed by atoms with van der Waals surface area (Å²) in [6.45, 7) is 6.55. The van der Waals surface area contributed by atoms with Crippen LogP contribution in [-0.4, -0.2) is 51.9 Å². The van der Waals surface area contributed by atoms with Crippen molar-refractivity contribution in [1.29, 1.82) is 0 Å². The second-order valence-electron chi connectivity index (χ2n) is 5.12. The van der Waals surface area contributed by atoms with Gasteiger partial charge >= 0.3 is 0 Å². The van der Waals surface area contributed by atoms with Crippen molar-refractivity contribution in [3.63, 3.8) is 0 Å². The summed E-state index contributed by atoms with van der Waals surface area (Å²) in [5.41, 5.74) is 2.50. The molecular formula is C13H23N7O. The van der Waals surface area contributed by atoms with E-state index in [1.165, 1.54) is 0 Å². The molecule has 2 rings (SSSR count). The SMILES string of the molecule is CCCCc1nc(NN)nc(N2CCN(C(C)=O)CC2)n1. The standard InChI is InChI=1S/C13H23N7O/c1-3-4-5-11-15-12(18-14)17-13(16-11)20-8-6-19(7-9-20)10(2)21/h3-9,14H2,1-2H3,(H,15,16,17,18). The van der Waals surface area contributed by atoms with Crippen molar-refractivity contribution in [3.05, 3.63) is 5.82 Å². The van der Waals surface area contributed by atoms with Crippen molar-refractivity contribution >= 4 is 17.8 Å². The fourth-order valence-corrected chi connectivity index (χ4v) is 2.28. The summed E-state index contributed by atoms with van der Waals surface area (Å²) in [7, 11) is 0. The molecule has 1 fully saturated rings. The first-order valence-corrected chi connectivity index (χ1v) is 7.36. The fraction of sp³-hybridized carbons (Fsp3) is 0.692. The monoisotopic (exact) mass is 293 g/mol. The molecule has 8 heteroatoms. The second kappa shape index (κ2) is 7.16. The number of nitrogens with two attached hydrogens (primary N) is 1. The first kappa shape index (κ1) is 15.4. The Labute approximate surface area is 124 Å². The number of nitrogens with one attached hydrogen (secondary N) is 1. The van der Waals surface area contributed by atoms with E-state index in [4.69, 9.17) is 5.84 Å². The second-order valence-corrected chi connectivity index (χ2v) is 5.12. The van der Waals surface area contributed by atoms with Gasteiger partial charge < -0.3 is 9.80 Å². The van der Waals surface area contributed by atoms with Crippen LogP contribution in [0, 0.1) is 0 Å². The van der Waals surface area contributed by atoms with E-state index >= 15 is 0 Å². The van der Waals surface area contributed by atoms with E-state index in [2.05, 4.69) is 32.2 Å². The number of piperazine rings is 1. The molecule has 0 aliphatic carbocycles. The van der Waals surface area contributed by atoms with Crippen molar-refractivity contribution < 1.29 is 4.79 Å². The molecule has 0 radical (unpaired) electrons. The minimum absolute atomic E-state index is 0.109. The maximum absolute atomic E-state index is 11.4. The van der Waals surface area contributed by atoms with Crippen LogP contribution < -0.4 is 16.2 Å². The Balaban J connectivity index is 2.10. The molecule has 0 unspecified atom stereocenters. The molecule has 1 aliphatic heterocycles. The van der Waals surface area contributed by atoms with Gasteiger partial charge in [-0.3, -0.25) is 10.2 Å². The minimum Gasteiger partial charge on any atom is -0.339 e. The predicted octanol–water partition coefficient (Wildman–Crippen LogP) is 0.168. The maximum Gasteiger partial charge on any atom is 0.242 e. The zero-order valence-corrected chi connectivity index (χ0v) is 12.7. The van der Waals surface area contributed by atoms with Gasteiger partial charge in [-0.1, -0.05) is 13.3 Å². The zero-order valence-electron chi connectivity index (χ0n) is 12.7. The summed E-state index contributed by atoms with van der Waals surface area (Å²) in [6.07, 6.45) is 2.93. The Hall–Kier alpha value is -1.96. The number of nitrogen functional groups attached to an aromatic ring is 1. The van der Waals surface area contributed by atoms with E-state index in [-0.39, 0.29) is 5.91 Å². The summed E-state index contributed by atoms with van der Waals surface area (Å²) in [5, 5.41) is 0. The molecule has 1 amide bonds. The van der Waals surface area contributed by atoms with E-state index in [1.54, 1.807) is 6.92 Å². The van der Waals surface area contributed by atoms with Gasteiger partial charge in [0.25, 0.3) is 0 Å². The summed E-state index contributed by atoms with van der Waals surface area (Å²) in [4.78, 5) is 28.4. The molecule has 2 heterocycles. The van der Waals surface area contributed by atoms with Gasteiger partial charge in [-0.05, 0) is 6.42 Å². The van der Waals surface area contributed by atoms with Crippen LogP contribution in [0.2, 0.25) is 0 Å². The molecule has 0 aromatic carbocycles. The Bertz CT molecular complexity index is 485. The van der Waals surface area contributed by atoms with Crippen LogP contribution in [0.3, 0.4) is 0 Å². The van der Waals surface area contributed by atoms with Crippen LogP contribution in [0.4, 0.5) is 11.9 Å². The topological polar surface area (TPSA) is 100 Å². The summed E-state index contributed by atoms with van der Waals surface area (Å²) in [5.74, 6) is 7.32. The Morgan fingerprint density at radius 2 is 1.95 bits per heavy atom. The van der Waals surface area contributed by atoms with Gasteiger partial charge in [-0.25, -0.2) is 5.84 Å². The number of anilines is 2. The van der Waals surface area contributed by atoms with Gasteiger partial charge in [0.2, 0.25) is 17.8 Å². The zero-order chi connectivity index (χ0) is 15.2. The lowest BCUT2D eigenvalue weighted by Crippen LogP contribution is -2.48. The van der Waals surface area contributed by atoms with E-state index in [0.717, 1.165) is 38.2 Å². The van der Waals surface area contributed by atoms with Crippen molar-refractivity contribution in [2.24, 2.45) is 5.84 Å². The van der Waals surface area contributed by atoms with Crippen LogP contribution >= 0.6 is 0 Å². The Morgan fingerprint density at radius 1 is 1.24 bits per heavy atom. The predicted molar refractivity (Wildman–Crippen MR) is 80.7 cm³/mol.